The van der Waals surface area contributed by atoms with Crippen LogP contribution in [0, 0.1) is 5.82 Å². The van der Waals surface area contributed by atoms with E-state index in [-0.39, 0.29) is 17.6 Å². The summed E-state index contributed by atoms with van der Waals surface area (Å²) in [5.41, 5.74) is 5.24. The van der Waals surface area contributed by atoms with E-state index in [2.05, 4.69) is 10.4 Å². The fourth-order valence-electron chi connectivity index (χ4n) is 1.72. The van der Waals surface area contributed by atoms with Gasteiger partial charge in [0.1, 0.15) is 0 Å². The van der Waals surface area contributed by atoms with E-state index in [4.69, 9.17) is 10.6 Å². The van der Waals surface area contributed by atoms with Crippen molar-refractivity contribution in [3.05, 3.63) is 46.2 Å². The highest BCUT2D eigenvalue weighted by atomic mass is 32.1. The topological polar surface area (TPSA) is 60.2 Å². The van der Waals surface area contributed by atoms with Crippen molar-refractivity contribution in [2.75, 3.05) is 7.11 Å². The number of hydrogen-bond acceptors (Lipinski definition) is 5. The van der Waals surface area contributed by atoms with Crippen molar-refractivity contribution in [3.63, 3.8) is 0 Å². The van der Waals surface area contributed by atoms with Gasteiger partial charge in [-0.15, -0.1) is 11.3 Å². The zero-order valence-corrected chi connectivity index (χ0v) is 10.7. The summed E-state index contributed by atoms with van der Waals surface area (Å²) < 4.78 is 18.5. The van der Waals surface area contributed by atoms with Gasteiger partial charge >= 0.3 is 0 Å². The highest BCUT2D eigenvalue weighted by molar-refractivity contribution is 7.09. The van der Waals surface area contributed by atoms with E-state index in [1.807, 2.05) is 0 Å². The number of halogens is 1. The first-order chi connectivity index (χ1) is 8.74. The third-order valence-electron chi connectivity index (χ3n) is 2.67. The van der Waals surface area contributed by atoms with Crippen LogP contribution in [-0.4, -0.2) is 12.1 Å². The van der Waals surface area contributed by atoms with Crippen molar-refractivity contribution in [2.45, 2.75) is 12.5 Å². The highest BCUT2D eigenvalue weighted by Gasteiger charge is 2.14. The van der Waals surface area contributed by atoms with Crippen LogP contribution in [-0.2, 0) is 6.42 Å². The lowest BCUT2D eigenvalue weighted by Gasteiger charge is -2.16. The molecule has 0 amide bonds. The second-order valence-electron chi connectivity index (χ2n) is 3.79. The first kappa shape index (κ1) is 12.9. The minimum absolute atomic E-state index is 0.147. The summed E-state index contributed by atoms with van der Waals surface area (Å²) in [5.74, 6) is 5.36. The third kappa shape index (κ3) is 2.84. The van der Waals surface area contributed by atoms with Crippen molar-refractivity contribution in [1.82, 2.24) is 10.4 Å². The van der Waals surface area contributed by atoms with Crippen molar-refractivity contribution < 1.29 is 9.13 Å². The Morgan fingerprint density at radius 2 is 2.39 bits per heavy atom. The van der Waals surface area contributed by atoms with Gasteiger partial charge in [0.15, 0.2) is 11.6 Å². The van der Waals surface area contributed by atoms with Crippen LogP contribution in [0.1, 0.15) is 16.5 Å². The Kier molecular flexibility index (Phi) is 4.24. The van der Waals surface area contributed by atoms with E-state index in [0.29, 0.717) is 6.42 Å². The molecule has 0 spiro atoms. The number of rotatable bonds is 5. The maximum atomic E-state index is 13.6. The summed E-state index contributed by atoms with van der Waals surface area (Å²) in [4.78, 5) is 5.10. The molecule has 1 aromatic heterocycles. The number of hydrogen-bond donors (Lipinski definition) is 2. The molecule has 0 aliphatic heterocycles. The van der Waals surface area contributed by atoms with E-state index in [1.165, 1.54) is 13.2 Å². The molecule has 6 heteroatoms. The van der Waals surface area contributed by atoms with Crippen LogP contribution in [0.4, 0.5) is 4.39 Å². The van der Waals surface area contributed by atoms with Gasteiger partial charge in [-0.2, -0.15) is 0 Å². The minimum Gasteiger partial charge on any atom is -0.494 e. The smallest absolute Gasteiger partial charge is 0.165 e. The van der Waals surface area contributed by atoms with Gasteiger partial charge in [0.25, 0.3) is 0 Å². The Bertz CT molecular complexity index is 504. The SMILES string of the molecule is COc1ccc(C(Cc2cncs2)NN)cc1F. The largest absolute Gasteiger partial charge is 0.494 e. The van der Waals surface area contributed by atoms with Gasteiger partial charge in [-0.25, -0.2) is 4.39 Å². The van der Waals surface area contributed by atoms with Crippen LogP contribution in [0.25, 0.3) is 0 Å². The van der Waals surface area contributed by atoms with Crippen LogP contribution >= 0.6 is 11.3 Å². The predicted molar refractivity (Wildman–Crippen MR) is 68.8 cm³/mol. The van der Waals surface area contributed by atoms with Crippen molar-refractivity contribution >= 4 is 11.3 Å². The zero-order valence-electron chi connectivity index (χ0n) is 9.89. The second-order valence-corrected chi connectivity index (χ2v) is 4.76. The molecule has 0 bridgehead atoms. The second kappa shape index (κ2) is 5.90. The number of nitrogens with one attached hydrogen (secondary N) is 1. The lowest BCUT2D eigenvalue weighted by Crippen LogP contribution is -2.29. The van der Waals surface area contributed by atoms with Gasteiger partial charge in [-0.3, -0.25) is 16.3 Å². The van der Waals surface area contributed by atoms with Crippen LogP contribution in [0.2, 0.25) is 0 Å². The van der Waals surface area contributed by atoms with Crippen LogP contribution < -0.4 is 16.0 Å². The molecule has 2 rings (SSSR count). The van der Waals surface area contributed by atoms with E-state index >= 15 is 0 Å². The molecule has 1 unspecified atom stereocenters. The zero-order chi connectivity index (χ0) is 13.0. The summed E-state index contributed by atoms with van der Waals surface area (Å²) >= 11 is 1.55. The molecule has 4 nitrogen and oxygen atoms in total. The fraction of sp³-hybridized carbons (Fsp3) is 0.250. The molecule has 3 N–H and O–H groups in total. The lowest BCUT2D eigenvalue weighted by atomic mass is 10.0. The Morgan fingerprint density at radius 1 is 1.56 bits per heavy atom. The van der Waals surface area contributed by atoms with Gasteiger partial charge in [-0.05, 0) is 17.7 Å². The maximum absolute atomic E-state index is 13.6. The average Bonchev–Trinajstić information content (AvgIpc) is 2.88. The van der Waals surface area contributed by atoms with Gasteiger partial charge in [0.05, 0.1) is 18.7 Å². The third-order valence-corrected chi connectivity index (χ3v) is 3.47. The summed E-state index contributed by atoms with van der Waals surface area (Å²) in [5, 5.41) is 0. The number of thiazole rings is 1. The normalized spacial score (nSPS) is 12.4. The van der Waals surface area contributed by atoms with Gasteiger partial charge in [0, 0.05) is 17.5 Å². The monoisotopic (exact) mass is 267 g/mol. The average molecular weight is 267 g/mol. The van der Waals surface area contributed by atoms with Gasteiger partial charge in [0.2, 0.25) is 0 Å². The number of ether oxygens (including phenoxy) is 1. The molecule has 0 aliphatic rings. The lowest BCUT2D eigenvalue weighted by molar-refractivity contribution is 0.385. The molecule has 96 valence electrons. The van der Waals surface area contributed by atoms with Crippen LogP contribution in [0.5, 0.6) is 5.75 Å². The first-order valence-electron chi connectivity index (χ1n) is 5.41. The first-order valence-corrected chi connectivity index (χ1v) is 6.29. The Morgan fingerprint density at radius 3 is 2.94 bits per heavy atom. The Labute approximate surface area is 109 Å². The van der Waals surface area contributed by atoms with E-state index in [9.17, 15) is 4.39 Å². The van der Waals surface area contributed by atoms with Crippen LogP contribution in [0.15, 0.2) is 29.9 Å². The molecule has 2 aromatic rings. The Hall–Kier alpha value is -1.50. The van der Waals surface area contributed by atoms with Crippen molar-refractivity contribution in [1.29, 1.82) is 0 Å². The van der Waals surface area contributed by atoms with Gasteiger partial charge < -0.3 is 4.74 Å². The van der Waals surface area contributed by atoms with Gasteiger partial charge in [-0.1, -0.05) is 6.07 Å². The summed E-state index contributed by atoms with van der Waals surface area (Å²) in [6.07, 6.45) is 2.46. The molecular weight excluding hydrogens is 253 g/mol. The minimum atomic E-state index is -0.389. The molecule has 1 atom stereocenters. The van der Waals surface area contributed by atoms with Crippen LogP contribution in [0.3, 0.4) is 0 Å². The molecule has 0 saturated heterocycles. The molecule has 0 aliphatic carbocycles. The van der Waals surface area contributed by atoms with Crippen molar-refractivity contribution in [2.24, 2.45) is 5.84 Å². The summed E-state index contributed by atoms with van der Waals surface area (Å²) in [7, 11) is 1.44. The molecular formula is C12H14FN3OS. The quantitative estimate of drug-likeness (QED) is 0.643. The number of nitrogens with two attached hydrogens (primary N) is 1. The molecule has 18 heavy (non-hydrogen) atoms. The highest BCUT2D eigenvalue weighted by Crippen LogP contribution is 2.24. The standard InChI is InChI=1S/C12H14FN3OS/c1-17-12-3-2-8(4-10(12)13)11(16-14)5-9-6-15-7-18-9/h2-4,6-7,11,16H,5,14H2,1H3. The predicted octanol–water partition coefficient (Wildman–Crippen LogP) is 2.04. The summed E-state index contributed by atoms with van der Waals surface area (Å²) in [6, 6.07) is 4.69. The Balaban J connectivity index is 2.19. The van der Waals surface area contributed by atoms with E-state index < -0.39 is 0 Å². The maximum Gasteiger partial charge on any atom is 0.165 e. The fourth-order valence-corrected chi connectivity index (χ4v) is 2.36. The molecule has 0 fully saturated rings. The van der Waals surface area contributed by atoms with Crippen molar-refractivity contribution in [3.8, 4) is 5.75 Å². The molecule has 0 saturated carbocycles. The molecule has 1 heterocycles. The number of hydrazine groups is 1. The number of aromatic nitrogens is 1. The molecule has 0 radical (unpaired) electrons. The van der Waals surface area contributed by atoms with E-state index in [1.54, 1.807) is 35.2 Å². The molecule has 1 aromatic carbocycles. The van der Waals surface area contributed by atoms with E-state index in [0.717, 1.165) is 10.4 Å². The summed E-state index contributed by atoms with van der Waals surface area (Å²) in [6.45, 7) is 0. The number of nitrogens with zero attached hydrogens (tertiary/aromatic N) is 1. The number of benzene rings is 1. The number of methoxy groups -OCH3 is 1.